The fourth-order valence-electron chi connectivity index (χ4n) is 3.43. The lowest BCUT2D eigenvalue weighted by atomic mass is 10.0. The minimum atomic E-state index is -3.66. The first-order chi connectivity index (χ1) is 13.2. The van der Waals surface area contributed by atoms with Gasteiger partial charge in [-0.15, -0.1) is 0 Å². The number of sulfonamides is 1. The SMILES string of the molecule is CCN(CC)S(=O)(=O)c1cc(-c2c(C)nn3c2NC(=O)CCC3=O)ccc1C. The van der Waals surface area contributed by atoms with Crippen LogP contribution in [-0.4, -0.2) is 47.4 Å². The Morgan fingerprint density at radius 1 is 1.14 bits per heavy atom. The van der Waals surface area contributed by atoms with Crippen LogP contribution >= 0.6 is 0 Å². The van der Waals surface area contributed by atoms with Crippen molar-refractivity contribution in [3.63, 3.8) is 0 Å². The van der Waals surface area contributed by atoms with E-state index >= 15 is 0 Å². The molecule has 1 aliphatic rings. The van der Waals surface area contributed by atoms with Crippen molar-refractivity contribution in [1.29, 1.82) is 0 Å². The Labute approximate surface area is 164 Å². The molecule has 0 unspecified atom stereocenters. The summed E-state index contributed by atoms with van der Waals surface area (Å²) in [5.41, 5.74) is 2.32. The van der Waals surface area contributed by atoms with Crippen molar-refractivity contribution in [2.75, 3.05) is 18.4 Å². The maximum Gasteiger partial charge on any atom is 0.249 e. The third-order valence-corrected chi connectivity index (χ3v) is 7.11. The van der Waals surface area contributed by atoms with Gasteiger partial charge in [0.25, 0.3) is 0 Å². The zero-order chi connectivity index (χ0) is 20.6. The lowest BCUT2D eigenvalue weighted by Gasteiger charge is -2.20. The van der Waals surface area contributed by atoms with Gasteiger partial charge in [0.1, 0.15) is 5.82 Å². The highest BCUT2D eigenvalue weighted by molar-refractivity contribution is 7.89. The van der Waals surface area contributed by atoms with E-state index in [9.17, 15) is 18.0 Å². The number of hydrogen-bond acceptors (Lipinski definition) is 5. The molecule has 1 N–H and O–H groups in total. The van der Waals surface area contributed by atoms with Crippen molar-refractivity contribution in [3.05, 3.63) is 29.5 Å². The second-order valence-corrected chi connectivity index (χ2v) is 8.64. The topological polar surface area (TPSA) is 101 Å². The lowest BCUT2D eigenvalue weighted by molar-refractivity contribution is -0.116. The summed E-state index contributed by atoms with van der Waals surface area (Å²) < 4.78 is 28.7. The molecule has 150 valence electrons. The van der Waals surface area contributed by atoms with Crippen LogP contribution < -0.4 is 5.32 Å². The lowest BCUT2D eigenvalue weighted by Crippen LogP contribution is -2.31. The summed E-state index contributed by atoms with van der Waals surface area (Å²) in [5.74, 6) is -0.248. The van der Waals surface area contributed by atoms with Crippen molar-refractivity contribution >= 4 is 27.7 Å². The molecule has 0 radical (unpaired) electrons. The molecular weight excluding hydrogens is 380 g/mol. The number of hydrogen-bond donors (Lipinski definition) is 1. The molecule has 28 heavy (non-hydrogen) atoms. The summed E-state index contributed by atoms with van der Waals surface area (Å²) in [5, 5.41) is 7.02. The van der Waals surface area contributed by atoms with E-state index in [0.29, 0.717) is 41.3 Å². The van der Waals surface area contributed by atoms with Gasteiger partial charge in [0.05, 0.1) is 10.6 Å². The molecule has 8 nitrogen and oxygen atoms in total. The number of nitrogens with one attached hydrogen (secondary N) is 1. The number of anilines is 1. The number of nitrogens with zero attached hydrogens (tertiary/aromatic N) is 3. The van der Waals surface area contributed by atoms with E-state index in [-0.39, 0.29) is 29.6 Å². The van der Waals surface area contributed by atoms with Gasteiger partial charge in [0, 0.05) is 31.5 Å². The van der Waals surface area contributed by atoms with Crippen molar-refractivity contribution in [1.82, 2.24) is 14.1 Å². The smallest absolute Gasteiger partial charge is 0.249 e. The summed E-state index contributed by atoms with van der Waals surface area (Å²) in [7, 11) is -3.66. The van der Waals surface area contributed by atoms with E-state index < -0.39 is 10.0 Å². The molecule has 9 heteroatoms. The third-order valence-electron chi connectivity index (χ3n) is 4.92. The molecule has 0 spiro atoms. The van der Waals surface area contributed by atoms with Gasteiger partial charge in [-0.1, -0.05) is 26.0 Å². The number of aromatic nitrogens is 2. The van der Waals surface area contributed by atoms with E-state index in [4.69, 9.17) is 0 Å². The van der Waals surface area contributed by atoms with Gasteiger partial charge in [0.15, 0.2) is 0 Å². The van der Waals surface area contributed by atoms with Crippen LogP contribution in [0.2, 0.25) is 0 Å². The molecule has 1 aromatic heterocycles. The highest BCUT2D eigenvalue weighted by atomic mass is 32.2. The second kappa shape index (κ2) is 7.48. The number of benzene rings is 1. The van der Waals surface area contributed by atoms with Crippen LogP contribution in [0.1, 0.15) is 42.7 Å². The van der Waals surface area contributed by atoms with Crippen molar-refractivity contribution in [2.24, 2.45) is 0 Å². The fraction of sp³-hybridized carbons (Fsp3) is 0.421. The first-order valence-corrected chi connectivity index (χ1v) is 10.7. The Kier molecular flexibility index (Phi) is 5.40. The molecule has 0 saturated carbocycles. The third kappa shape index (κ3) is 3.35. The number of fused-ring (bicyclic) bond motifs is 1. The van der Waals surface area contributed by atoms with Gasteiger partial charge in [-0.2, -0.15) is 14.1 Å². The van der Waals surface area contributed by atoms with E-state index in [0.717, 1.165) is 0 Å². The van der Waals surface area contributed by atoms with Gasteiger partial charge >= 0.3 is 0 Å². The molecule has 0 bridgehead atoms. The van der Waals surface area contributed by atoms with Crippen molar-refractivity contribution in [2.45, 2.75) is 45.4 Å². The van der Waals surface area contributed by atoms with Gasteiger partial charge < -0.3 is 5.32 Å². The van der Waals surface area contributed by atoms with Crippen LogP contribution in [0.3, 0.4) is 0 Å². The Morgan fingerprint density at radius 3 is 2.46 bits per heavy atom. The number of aryl methyl sites for hydroxylation is 2. The average Bonchev–Trinajstić information content (AvgIpc) is 2.89. The predicted molar refractivity (Wildman–Crippen MR) is 106 cm³/mol. The zero-order valence-electron chi connectivity index (χ0n) is 16.4. The molecule has 0 aliphatic carbocycles. The minimum absolute atomic E-state index is 0.0783. The Morgan fingerprint density at radius 2 is 1.82 bits per heavy atom. The second-order valence-electron chi connectivity index (χ2n) is 6.73. The quantitative estimate of drug-likeness (QED) is 0.825. The van der Waals surface area contributed by atoms with Crippen LogP contribution in [-0.2, 0) is 14.8 Å². The maximum atomic E-state index is 13.1. The van der Waals surface area contributed by atoms with Crippen molar-refractivity contribution in [3.8, 4) is 11.1 Å². The standard InChI is InChI=1S/C19H24N4O4S/c1-5-22(6-2)28(26,27)15-11-14(8-7-12(15)3)18-13(4)21-23-17(25)10-9-16(24)20-19(18)23/h7-8,11H,5-6,9-10H2,1-4H3,(H,20,24). The first kappa shape index (κ1) is 20.2. The molecule has 0 fully saturated rings. The molecule has 1 aromatic carbocycles. The Balaban J connectivity index is 2.20. The molecule has 3 rings (SSSR count). The number of carbonyl (C=O) groups is 2. The number of amides is 1. The van der Waals surface area contributed by atoms with Gasteiger partial charge in [-0.05, 0) is 31.0 Å². The highest BCUT2D eigenvalue weighted by Crippen LogP contribution is 2.35. The minimum Gasteiger partial charge on any atom is -0.310 e. The molecule has 2 aromatic rings. The van der Waals surface area contributed by atoms with Crippen LogP contribution in [0.4, 0.5) is 5.82 Å². The maximum absolute atomic E-state index is 13.1. The Bertz CT molecular complexity index is 1050. The largest absolute Gasteiger partial charge is 0.310 e. The van der Waals surface area contributed by atoms with Crippen molar-refractivity contribution < 1.29 is 18.0 Å². The molecule has 0 saturated heterocycles. The summed E-state index contributed by atoms with van der Waals surface area (Å²) in [4.78, 5) is 24.5. The summed E-state index contributed by atoms with van der Waals surface area (Å²) in [6, 6.07) is 5.11. The monoisotopic (exact) mass is 404 g/mol. The molecule has 1 amide bonds. The van der Waals surface area contributed by atoms with Crippen LogP contribution in [0.5, 0.6) is 0 Å². The highest BCUT2D eigenvalue weighted by Gasteiger charge is 2.28. The molecular formula is C19H24N4O4S. The van der Waals surface area contributed by atoms with Gasteiger partial charge in [0.2, 0.25) is 21.8 Å². The predicted octanol–water partition coefficient (Wildman–Crippen LogP) is 2.57. The molecule has 1 aliphatic heterocycles. The zero-order valence-corrected chi connectivity index (χ0v) is 17.3. The van der Waals surface area contributed by atoms with Crippen LogP contribution in [0, 0.1) is 13.8 Å². The van der Waals surface area contributed by atoms with E-state index in [1.807, 2.05) is 0 Å². The normalized spacial score (nSPS) is 14.8. The van der Waals surface area contributed by atoms with Crippen LogP contribution in [0.15, 0.2) is 23.1 Å². The number of carbonyl (C=O) groups excluding carboxylic acids is 2. The van der Waals surface area contributed by atoms with E-state index in [1.54, 1.807) is 45.9 Å². The summed E-state index contributed by atoms with van der Waals surface area (Å²) >= 11 is 0. The average molecular weight is 404 g/mol. The molecule has 0 atom stereocenters. The van der Waals surface area contributed by atoms with Gasteiger partial charge in [-0.3, -0.25) is 9.59 Å². The fourth-order valence-corrected chi connectivity index (χ4v) is 5.13. The van der Waals surface area contributed by atoms with Crippen LogP contribution in [0.25, 0.3) is 11.1 Å². The summed E-state index contributed by atoms with van der Waals surface area (Å²) in [6.07, 6.45) is 0.172. The Hall–Kier alpha value is -2.52. The summed E-state index contributed by atoms with van der Waals surface area (Å²) in [6.45, 7) is 7.81. The van der Waals surface area contributed by atoms with Gasteiger partial charge in [-0.25, -0.2) is 8.42 Å². The first-order valence-electron chi connectivity index (χ1n) is 9.24. The van der Waals surface area contributed by atoms with E-state index in [2.05, 4.69) is 10.4 Å². The number of rotatable bonds is 5. The molecule has 2 heterocycles. The van der Waals surface area contributed by atoms with E-state index in [1.165, 1.54) is 8.99 Å².